The Hall–Kier alpha value is -1.39. The van der Waals surface area contributed by atoms with E-state index in [1.54, 1.807) is 11.3 Å². The van der Waals surface area contributed by atoms with Gasteiger partial charge in [0.25, 0.3) is 0 Å². The number of fused-ring (bicyclic) bond motifs is 1. The minimum atomic E-state index is 0.365. The van der Waals surface area contributed by atoms with Gasteiger partial charge in [0.15, 0.2) is 5.13 Å². The molecule has 19 heavy (non-hydrogen) atoms. The number of hydrogen-bond donors (Lipinski definition) is 1. The summed E-state index contributed by atoms with van der Waals surface area (Å²) in [5.41, 5.74) is 3.89. The molecule has 1 aromatic carbocycles. The predicted octanol–water partition coefficient (Wildman–Crippen LogP) is 3.43. The van der Waals surface area contributed by atoms with Gasteiger partial charge in [0.05, 0.1) is 5.69 Å². The lowest BCUT2D eigenvalue weighted by Crippen LogP contribution is -2.12. The summed E-state index contributed by atoms with van der Waals surface area (Å²) in [6, 6.07) is 9.00. The maximum atomic E-state index is 4.76. The Morgan fingerprint density at radius 2 is 2.16 bits per heavy atom. The van der Waals surface area contributed by atoms with E-state index < -0.39 is 0 Å². The van der Waals surface area contributed by atoms with E-state index in [2.05, 4.69) is 48.3 Å². The molecule has 1 unspecified atom stereocenters. The van der Waals surface area contributed by atoms with Gasteiger partial charge in [-0.3, -0.25) is 0 Å². The highest BCUT2D eigenvalue weighted by Gasteiger charge is 2.24. The molecule has 0 saturated heterocycles. The first-order valence-electron chi connectivity index (χ1n) is 6.70. The Labute approximate surface area is 118 Å². The molecule has 1 aromatic heterocycles. The average molecular weight is 273 g/mol. The lowest BCUT2D eigenvalue weighted by atomic mass is 10.2. The van der Waals surface area contributed by atoms with Crippen LogP contribution in [0.15, 0.2) is 24.3 Å². The number of aromatic nitrogens is 1. The molecule has 100 valence electrons. The van der Waals surface area contributed by atoms with Gasteiger partial charge in [-0.1, -0.05) is 29.5 Å². The summed E-state index contributed by atoms with van der Waals surface area (Å²) in [6.45, 7) is 5.33. The second kappa shape index (κ2) is 4.94. The van der Waals surface area contributed by atoms with E-state index in [9.17, 15) is 0 Å². The van der Waals surface area contributed by atoms with Crippen molar-refractivity contribution in [1.29, 1.82) is 0 Å². The van der Waals surface area contributed by atoms with E-state index in [0.29, 0.717) is 6.04 Å². The van der Waals surface area contributed by atoms with Crippen molar-refractivity contribution < 1.29 is 0 Å². The third-order valence-corrected chi connectivity index (χ3v) is 5.13. The number of para-hydroxylation sites is 1. The zero-order valence-electron chi connectivity index (χ0n) is 11.6. The van der Waals surface area contributed by atoms with Gasteiger partial charge in [-0.2, -0.15) is 0 Å². The lowest BCUT2D eigenvalue weighted by molar-refractivity contribution is 0.658. The van der Waals surface area contributed by atoms with E-state index in [0.717, 1.165) is 23.8 Å². The minimum absolute atomic E-state index is 0.365. The van der Waals surface area contributed by atoms with Crippen LogP contribution in [0.3, 0.4) is 0 Å². The molecule has 3 rings (SSSR count). The van der Waals surface area contributed by atoms with E-state index in [4.69, 9.17) is 4.98 Å². The minimum Gasteiger partial charge on any atom is -0.317 e. The lowest BCUT2D eigenvalue weighted by Gasteiger charge is -2.15. The van der Waals surface area contributed by atoms with Crippen molar-refractivity contribution in [2.75, 3.05) is 18.5 Å². The van der Waals surface area contributed by atoms with Crippen molar-refractivity contribution in [1.82, 2.24) is 10.3 Å². The molecule has 3 nitrogen and oxygen atoms in total. The Morgan fingerprint density at radius 3 is 2.95 bits per heavy atom. The van der Waals surface area contributed by atoms with Crippen LogP contribution in [0.1, 0.15) is 29.1 Å². The Morgan fingerprint density at radius 1 is 1.37 bits per heavy atom. The molecule has 0 bridgehead atoms. The van der Waals surface area contributed by atoms with Crippen LogP contribution in [0, 0.1) is 6.92 Å². The molecule has 4 heteroatoms. The summed E-state index contributed by atoms with van der Waals surface area (Å²) < 4.78 is 0. The number of nitrogens with zero attached hydrogens (tertiary/aromatic N) is 2. The van der Waals surface area contributed by atoms with Crippen LogP contribution in [-0.4, -0.2) is 18.6 Å². The van der Waals surface area contributed by atoms with Crippen LogP contribution in [0.25, 0.3) is 0 Å². The molecular formula is C15H19N3S. The number of hydrogen-bond acceptors (Lipinski definition) is 4. The van der Waals surface area contributed by atoms with Crippen LogP contribution in [0.2, 0.25) is 0 Å². The van der Waals surface area contributed by atoms with Gasteiger partial charge < -0.3 is 10.2 Å². The highest BCUT2D eigenvalue weighted by Crippen LogP contribution is 2.38. The molecule has 0 saturated carbocycles. The van der Waals surface area contributed by atoms with Gasteiger partial charge in [0.2, 0.25) is 0 Å². The van der Waals surface area contributed by atoms with Crippen LogP contribution in [0.5, 0.6) is 0 Å². The maximum absolute atomic E-state index is 4.76. The quantitative estimate of drug-likeness (QED) is 0.928. The smallest absolute Gasteiger partial charge is 0.190 e. The van der Waals surface area contributed by atoms with Gasteiger partial charge in [-0.05, 0) is 38.9 Å². The average Bonchev–Trinajstić information content (AvgIpc) is 3.01. The molecule has 0 fully saturated rings. The molecule has 2 aromatic rings. The Balaban J connectivity index is 1.96. The van der Waals surface area contributed by atoms with Crippen molar-refractivity contribution in [3.63, 3.8) is 0 Å². The second-order valence-electron chi connectivity index (χ2n) is 4.99. The molecule has 2 heterocycles. The zero-order valence-corrected chi connectivity index (χ0v) is 12.4. The van der Waals surface area contributed by atoms with Gasteiger partial charge >= 0.3 is 0 Å². The summed E-state index contributed by atoms with van der Waals surface area (Å²) in [4.78, 5) is 8.45. The summed E-state index contributed by atoms with van der Waals surface area (Å²) in [5, 5.41) is 4.42. The third kappa shape index (κ3) is 2.15. The first-order chi connectivity index (χ1) is 9.20. The molecular weight excluding hydrogens is 254 g/mol. The fourth-order valence-electron chi connectivity index (χ4n) is 2.58. The molecule has 0 amide bonds. The predicted molar refractivity (Wildman–Crippen MR) is 81.5 cm³/mol. The van der Waals surface area contributed by atoms with Crippen LogP contribution in [0.4, 0.5) is 10.8 Å². The first-order valence-corrected chi connectivity index (χ1v) is 7.52. The van der Waals surface area contributed by atoms with Crippen LogP contribution < -0.4 is 10.2 Å². The SMILES string of the molecule is CNC(C)c1sc(N2CCc3ccccc32)nc1C. The summed E-state index contributed by atoms with van der Waals surface area (Å²) in [7, 11) is 1.99. The van der Waals surface area contributed by atoms with E-state index in [1.165, 1.54) is 16.1 Å². The largest absolute Gasteiger partial charge is 0.317 e. The van der Waals surface area contributed by atoms with Crippen LogP contribution in [-0.2, 0) is 6.42 Å². The van der Waals surface area contributed by atoms with Gasteiger partial charge in [0.1, 0.15) is 0 Å². The molecule has 1 aliphatic heterocycles. The first kappa shape index (κ1) is 12.6. The molecule has 0 spiro atoms. The number of thiazole rings is 1. The van der Waals surface area contributed by atoms with Crippen molar-refractivity contribution in [2.24, 2.45) is 0 Å². The number of aryl methyl sites for hydroxylation is 1. The fourth-order valence-corrected chi connectivity index (χ4v) is 3.75. The summed E-state index contributed by atoms with van der Waals surface area (Å²) in [5.74, 6) is 0. The molecule has 0 radical (unpaired) electrons. The molecule has 0 aliphatic carbocycles. The van der Waals surface area contributed by atoms with E-state index >= 15 is 0 Å². The molecule has 1 aliphatic rings. The van der Waals surface area contributed by atoms with Crippen molar-refractivity contribution in [2.45, 2.75) is 26.3 Å². The van der Waals surface area contributed by atoms with E-state index in [1.807, 2.05) is 7.05 Å². The standard InChI is InChI=1S/C15H19N3S/c1-10(16-3)14-11(2)17-15(19-14)18-9-8-12-6-4-5-7-13(12)18/h4-7,10,16H,8-9H2,1-3H3. The van der Waals surface area contributed by atoms with E-state index in [-0.39, 0.29) is 0 Å². The van der Waals surface area contributed by atoms with Gasteiger partial charge in [0, 0.05) is 23.2 Å². The Bertz CT molecular complexity index is 591. The molecule has 1 atom stereocenters. The number of benzene rings is 1. The molecule has 1 N–H and O–H groups in total. The summed E-state index contributed by atoms with van der Waals surface area (Å²) in [6.07, 6.45) is 1.12. The number of nitrogens with one attached hydrogen (secondary N) is 1. The van der Waals surface area contributed by atoms with Crippen molar-refractivity contribution in [3.05, 3.63) is 40.4 Å². The number of rotatable bonds is 3. The van der Waals surface area contributed by atoms with Crippen molar-refractivity contribution in [3.8, 4) is 0 Å². The van der Waals surface area contributed by atoms with Crippen molar-refractivity contribution >= 4 is 22.2 Å². The fraction of sp³-hybridized carbons (Fsp3) is 0.400. The Kier molecular flexibility index (Phi) is 3.29. The monoisotopic (exact) mass is 273 g/mol. The summed E-state index contributed by atoms with van der Waals surface area (Å²) >= 11 is 1.81. The third-order valence-electron chi connectivity index (χ3n) is 3.77. The highest BCUT2D eigenvalue weighted by molar-refractivity contribution is 7.15. The van der Waals surface area contributed by atoms with Gasteiger partial charge in [-0.25, -0.2) is 4.98 Å². The second-order valence-corrected chi connectivity index (χ2v) is 6.00. The number of anilines is 2. The normalized spacial score (nSPS) is 15.6. The van der Waals surface area contributed by atoms with Gasteiger partial charge in [-0.15, -0.1) is 0 Å². The van der Waals surface area contributed by atoms with Crippen LogP contribution >= 0.6 is 11.3 Å². The highest BCUT2D eigenvalue weighted by atomic mass is 32.1. The maximum Gasteiger partial charge on any atom is 0.190 e. The topological polar surface area (TPSA) is 28.2 Å². The zero-order chi connectivity index (χ0) is 13.4.